The van der Waals surface area contributed by atoms with Gasteiger partial charge in [-0.25, -0.2) is 0 Å². The lowest BCUT2D eigenvalue weighted by Crippen LogP contribution is -2.18. The average Bonchev–Trinajstić information content (AvgIpc) is 2.04. The minimum absolute atomic E-state index is 0.633. The van der Waals surface area contributed by atoms with Crippen molar-refractivity contribution in [3.05, 3.63) is 10.4 Å². The fourth-order valence-electron chi connectivity index (χ4n) is 0.767. The van der Waals surface area contributed by atoms with Crippen molar-refractivity contribution in [2.75, 3.05) is 26.7 Å². The SMILES string of the molecule is CCN(C)CCCCN=[N+]=[N-]. The van der Waals surface area contributed by atoms with Gasteiger partial charge in [0, 0.05) is 11.5 Å². The van der Waals surface area contributed by atoms with E-state index in [1.54, 1.807) is 0 Å². The molecule has 0 aromatic heterocycles. The summed E-state index contributed by atoms with van der Waals surface area (Å²) in [6, 6.07) is 0. The Morgan fingerprint density at radius 3 is 2.73 bits per heavy atom. The molecule has 0 bridgehead atoms. The van der Waals surface area contributed by atoms with Gasteiger partial charge in [0.25, 0.3) is 0 Å². The standard InChI is InChI=1S/C7H16N4/c1-3-11(2)7-5-4-6-9-10-8/h3-7H2,1-2H3. The molecule has 0 atom stereocenters. The summed E-state index contributed by atoms with van der Waals surface area (Å²) in [5.41, 5.74) is 7.97. The third-order valence-electron chi connectivity index (χ3n) is 1.65. The van der Waals surface area contributed by atoms with E-state index in [0.29, 0.717) is 6.54 Å². The van der Waals surface area contributed by atoms with Crippen molar-refractivity contribution in [1.29, 1.82) is 0 Å². The summed E-state index contributed by atoms with van der Waals surface area (Å²) in [6.45, 7) is 4.94. The molecule has 0 radical (unpaired) electrons. The third-order valence-corrected chi connectivity index (χ3v) is 1.65. The maximum absolute atomic E-state index is 7.97. The molecular formula is C7H16N4. The predicted octanol–water partition coefficient (Wildman–Crippen LogP) is 2.03. The molecule has 0 aliphatic heterocycles. The number of nitrogens with zero attached hydrogens (tertiary/aromatic N) is 4. The van der Waals surface area contributed by atoms with Crippen LogP contribution in [-0.4, -0.2) is 31.6 Å². The Kier molecular flexibility index (Phi) is 6.89. The van der Waals surface area contributed by atoms with Gasteiger partial charge in [-0.3, -0.25) is 0 Å². The molecule has 0 spiro atoms. The fourth-order valence-corrected chi connectivity index (χ4v) is 0.767. The first-order valence-corrected chi connectivity index (χ1v) is 4.00. The molecular weight excluding hydrogens is 140 g/mol. The Labute approximate surface area is 67.8 Å². The van der Waals surface area contributed by atoms with Gasteiger partial charge in [0.1, 0.15) is 0 Å². The highest BCUT2D eigenvalue weighted by Gasteiger charge is 1.92. The number of azide groups is 1. The summed E-state index contributed by atoms with van der Waals surface area (Å²) in [6.07, 6.45) is 2.11. The van der Waals surface area contributed by atoms with E-state index in [1.807, 2.05) is 0 Å². The number of hydrogen-bond donors (Lipinski definition) is 0. The van der Waals surface area contributed by atoms with E-state index in [4.69, 9.17) is 5.53 Å². The Balaban J connectivity index is 3.07. The van der Waals surface area contributed by atoms with Gasteiger partial charge in [-0.15, -0.1) is 0 Å². The fraction of sp³-hybridized carbons (Fsp3) is 1.00. The van der Waals surface area contributed by atoms with Crippen molar-refractivity contribution < 1.29 is 0 Å². The molecule has 64 valence electrons. The Bertz CT molecular complexity index is 128. The molecule has 0 aliphatic carbocycles. The molecule has 0 saturated carbocycles. The molecule has 4 heteroatoms. The lowest BCUT2D eigenvalue weighted by molar-refractivity contribution is 0.344. The zero-order chi connectivity index (χ0) is 8.53. The molecule has 0 heterocycles. The molecule has 0 saturated heterocycles. The van der Waals surface area contributed by atoms with Crippen LogP contribution < -0.4 is 0 Å². The van der Waals surface area contributed by atoms with Crippen molar-refractivity contribution in [2.24, 2.45) is 5.11 Å². The summed E-state index contributed by atoms with van der Waals surface area (Å²) in [5.74, 6) is 0. The van der Waals surface area contributed by atoms with E-state index in [-0.39, 0.29) is 0 Å². The Hall–Kier alpha value is -0.730. The van der Waals surface area contributed by atoms with Crippen molar-refractivity contribution in [3.8, 4) is 0 Å². The highest BCUT2D eigenvalue weighted by Crippen LogP contribution is 1.92. The maximum atomic E-state index is 7.97. The van der Waals surface area contributed by atoms with Gasteiger partial charge in [0.05, 0.1) is 0 Å². The molecule has 0 aliphatic rings. The van der Waals surface area contributed by atoms with Crippen LogP contribution in [-0.2, 0) is 0 Å². The van der Waals surface area contributed by atoms with Crippen LogP contribution in [0.4, 0.5) is 0 Å². The van der Waals surface area contributed by atoms with Crippen LogP contribution in [0.1, 0.15) is 19.8 Å². The summed E-state index contributed by atoms with van der Waals surface area (Å²) < 4.78 is 0. The van der Waals surface area contributed by atoms with Gasteiger partial charge in [0.15, 0.2) is 0 Å². The highest BCUT2D eigenvalue weighted by atomic mass is 15.1. The molecule has 0 aromatic rings. The second-order valence-electron chi connectivity index (χ2n) is 2.56. The normalized spacial score (nSPS) is 9.73. The van der Waals surface area contributed by atoms with E-state index in [0.717, 1.165) is 25.9 Å². The minimum atomic E-state index is 0.633. The van der Waals surface area contributed by atoms with E-state index in [2.05, 4.69) is 28.9 Å². The van der Waals surface area contributed by atoms with Crippen molar-refractivity contribution in [3.63, 3.8) is 0 Å². The van der Waals surface area contributed by atoms with Crippen molar-refractivity contribution in [1.82, 2.24) is 4.90 Å². The summed E-state index contributed by atoms with van der Waals surface area (Å²) in [4.78, 5) is 4.93. The maximum Gasteiger partial charge on any atom is 0.0258 e. The monoisotopic (exact) mass is 156 g/mol. The molecule has 0 rings (SSSR count). The molecule has 0 aromatic carbocycles. The first-order valence-electron chi connectivity index (χ1n) is 4.00. The second-order valence-corrected chi connectivity index (χ2v) is 2.56. The molecule has 0 unspecified atom stereocenters. The van der Waals surface area contributed by atoms with Crippen LogP contribution >= 0.6 is 0 Å². The molecule has 0 fully saturated rings. The van der Waals surface area contributed by atoms with Gasteiger partial charge in [0.2, 0.25) is 0 Å². The zero-order valence-corrected chi connectivity index (χ0v) is 7.32. The lowest BCUT2D eigenvalue weighted by atomic mass is 10.3. The number of rotatable bonds is 6. The van der Waals surface area contributed by atoms with Gasteiger partial charge >= 0.3 is 0 Å². The smallest absolute Gasteiger partial charge is 0.0258 e. The molecule has 11 heavy (non-hydrogen) atoms. The average molecular weight is 156 g/mol. The van der Waals surface area contributed by atoms with Crippen molar-refractivity contribution >= 4 is 0 Å². The lowest BCUT2D eigenvalue weighted by Gasteiger charge is -2.12. The molecule has 0 amide bonds. The third kappa shape index (κ3) is 7.16. The van der Waals surface area contributed by atoms with Crippen LogP contribution in [0.2, 0.25) is 0 Å². The summed E-state index contributed by atoms with van der Waals surface area (Å²) in [5, 5.41) is 3.46. The summed E-state index contributed by atoms with van der Waals surface area (Å²) >= 11 is 0. The van der Waals surface area contributed by atoms with Crippen molar-refractivity contribution in [2.45, 2.75) is 19.8 Å². The van der Waals surface area contributed by atoms with E-state index in [9.17, 15) is 0 Å². The van der Waals surface area contributed by atoms with Gasteiger partial charge in [-0.2, -0.15) is 0 Å². The summed E-state index contributed by atoms with van der Waals surface area (Å²) in [7, 11) is 2.09. The predicted molar refractivity (Wildman–Crippen MR) is 46.4 cm³/mol. The van der Waals surface area contributed by atoms with Gasteiger partial charge in [-0.1, -0.05) is 12.0 Å². The Morgan fingerprint density at radius 1 is 1.45 bits per heavy atom. The van der Waals surface area contributed by atoms with E-state index < -0.39 is 0 Å². The molecule has 4 nitrogen and oxygen atoms in total. The topological polar surface area (TPSA) is 52.0 Å². The minimum Gasteiger partial charge on any atom is -0.307 e. The highest BCUT2D eigenvalue weighted by molar-refractivity contribution is 4.51. The van der Waals surface area contributed by atoms with Crippen LogP contribution in [0.3, 0.4) is 0 Å². The van der Waals surface area contributed by atoms with E-state index >= 15 is 0 Å². The number of unbranched alkanes of at least 4 members (excludes halogenated alkanes) is 1. The van der Waals surface area contributed by atoms with Crippen LogP contribution in [0, 0.1) is 0 Å². The molecule has 0 N–H and O–H groups in total. The van der Waals surface area contributed by atoms with Gasteiger partial charge < -0.3 is 4.90 Å². The van der Waals surface area contributed by atoms with Crippen LogP contribution in [0.5, 0.6) is 0 Å². The van der Waals surface area contributed by atoms with Crippen LogP contribution in [0.15, 0.2) is 5.11 Å². The Morgan fingerprint density at radius 2 is 2.18 bits per heavy atom. The first kappa shape index (κ1) is 10.3. The zero-order valence-electron chi connectivity index (χ0n) is 7.32. The quantitative estimate of drug-likeness (QED) is 0.251. The largest absolute Gasteiger partial charge is 0.307 e. The second kappa shape index (κ2) is 7.38. The first-order chi connectivity index (χ1) is 5.31. The van der Waals surface area contributed by atoms with Crippen LogP contribution in [0.25, 0.3) is 10.4 Å². The number of hydrogen-bond acceptors (Lipinski definition) is 2. The van der Waals surface area contributed by atoms with Gasteiger partial charge in [-0.05, 0) is 38.5 Å². The van der Waals surface area contributed by atoms with E-state index in [1.165, 1.54) is 0 Å².